The summed E-state index contributed by atoms with van der Waals surface area (Å²) in [7, 11) is 1.25. The van der Waals surface area contributed by atoms with Gasteiger partial charge in [-0.05, 0) is 0 Å². The molecule has 0 aliphatic heterocycles. The van der Waals surface area contributed by atoms with Gasteiger partial charge in [0.25, 0.3) is 0 Å². The Morgan fingerprint density at radius 1 is 1.44 bits per heavy atom. The van der Waals surface area contributed by atoms with Crippen LogP contribution in [0.4, 0.5) is 0 Å². The number of aliphatic hydroxyl groups is 1. The number of rotatable bonds is 6. The van der Waals surface area contributed by atoms with Gasteiger partial charge in [0.2, 0.25) is 5.91 Å². The predicted octanol–water partition coefficient (Wildman–Crippen LogP) is -0.517. The van der Waals surface area contributed by atoms with E-state index in [4.69, 9.17) is 0 Å². The number of esters is 1. The molecule has 16 heavy (non-hydrogen) atoms. The topological polar surface area (TPSA) is 95.5 Å². The van der Waals surface area contributed by atoms with E-state index in [2.05, 4.69) is 10.1 Å². The van der Waals surface area contributed by atoms with E-state index in [1.165, 1.54) is 21.0 Å². The largest absolute Gasteiger partial charge is 0.469 e. The number of hydrogen-bond donors (Lipinski definition) is 2. The van der Waals surface area contributed by atoms with Crippen LogP contribution in [0.2, 0.25) is 0 Å². The molecule has 0 aromatic rings. The molecule has 0 fully saturated rings. The van der Waals surface area contributed by atoms with Gasteiger partial charge < -0.3 is 15.2 Å². The van der Waals surface area contributed by atoms with Crippen LogP contribution in [0.25, 0.3) is 0 Å². The number of carbonyl (C=O) groups is 2. The first-order valence-electron chi connectivity index (χ1n) is 4.96. The van der Waals surface area contributed by atoms with Crippen molar-refractivity contribution in [3.8, 4) is 0 Å². The molecule has 1 radical (unpaired) electrons. The molecule has 0 aromatic carbocycles. The van der Waals surface area contributed by atoms with Crippen molar-refractivity contribution < 1.29 is 24.5 Å². The van der Waals surface area contributed by atoms with Gasteiger partial charge in [-0.15, -0.1) is 0 Å². The number of hydrogen-bond acceptors (Lipinski definition) is 4. The summed E-state index contributed by atoms with van der Waals surface area (Å²) in [6.07, 6.45) is -1.34. The van der Waals surface area contributed by atoms with Gasteiger partial charge in [-0.2, -0.15) is 0 Å². The van der Waals surface area contributed by atoms with Gasteiger partial charge >= 0.3 is 5.97 Å². The maximum Gasteiger partial charge on any atom is 0.307 e. The summed E-state index contributed by atoms with van der Waals surface area (Å²) < 4.78 is 4.38. The highest BCUT2D eigenvalue weighted by atomic mass is 16.5. The van der Waals surface area contributed by atoms with Crippen LogP contribution in [0, 0.1) is 5.41 Å². The van der Waals surface area contributed by atoms with Gasteiger partial charge in [0.1, 0.15) is 6.10 Å². The molecule has 0 saturated carbocycles. The van der Waals surface area contributed by atoms with Crippen LogP contribution in [0.1, 0.15) is 20.3 Å². The smallest absolute Gasteiger partial charge is 0.307 e. The zero-order chi connectivity index (χ0) is 12.8. The molecule has 1 atom stereocenters. The normalized spacial score (nSPS) is 13.1. The first-order valence-corrected chi connectivity index (χ1v) is 4.96. The van der Waals surface area contributed by atoms with Crippen molar-refractivity contribution in [1.29, 1.82) is 0 Å². The van der Waals surface area contributed by atoms with E-state index in [9.17, 15) is 19.8 Å². The molecule has 0 unspecified atom stereocenters. The monoisotopic (exact) mass is 232 g/mol. The van der Waals surface area contributed by atoms with Crippen LogP contribution in [0.15, 0.2) is 0 Å². The Bertz CT molecular complexity index is 252. The maximum absolute atomic E-state index is 11.4. The Balaban J connectivity index is 4.03. The minimum Gasteiger partial charge on any atom is -0.469 e. The van der Waals surface area contributed by atoms with Crippen molar-refractivity contribution in [2.45, 2.75) is 26.4 Å². The molecule has 93 valence electrons. The Morgan fingerprint density at radius 3 is 2.44 bits per heavy atom. The summed E-state index contributed by atoms with van der Waals surface area (Å²) >= 11 is 0. The zero-order valence-corrected chi connectivity index (χ0v) is 9.78. The second-order valence-corrected chi connectivity index (χ2v) is 4.15. The summed E-state index contributed by atoms with van der Waals surface area (Å²) in [4.78, 5) is 22.1. The highest BCUT2D eigenvalue weighted by Gasteiger charge is 2.33. The minimum absolute atomic E-state index is 0.0345. The van der Waals surface area contributed by atoms with Crippen molar-refractivity contribution in [3.05, 3.63) is 0 Å². The van der Waals surface area contributed by atoms with E-state index in [1.54, 1.807) is 0 Å². The van der Waals surface area contributed by atoms with Gasteiger partial charge in [0.05, 0.1) is 20.1 Å². The summed E-state index contributed by atoms with van der Waals surface area (Å²) in [5, 5.41) is 22.6. The molecule has 0 rings (SSSR count). The quantitative estimate of drug-likeness (QED) is 0.602. The minimum atomic E-state index is -1.37. The molecule has 0 aliphatic carbocycles. The van der Waals surface area contributed by atoms with E-state index in [0.717, 1.165) is 0 Å². The highest BCUT2D eigenvalue weighted by Crippen LogP contribution is 2.19. The predicted molar refractivity (Wildman–Crippen MR) is 55.0 cm³/mol. The average molecular weight is 232 g/mol. The zero-order valence-electron chi connectivity index (χ0n) is 9.78. The summed E-state index contributed by atoms with van der Waals surface area (Å²) in [5.74, 6) is -1.09. The van der Waals surface area contributed by atoms with E-state index in [1.807, 2.05) is 0 Å². The number of carbonyl (C=O) groups excluding carboxylic acids is 2. The molecule has 0 saturated heterocycles. The summed E-state index contributed by atoms with van der Waals surface area (Å²) in [6, 6.07) is 0. The lowest BCUT2D eigenvalue weighted by atomic mass is 9.87. The molecule has 6 nitrogen and oxygen atoms in total. The Labute approximate surface area is 94.6 Å². The number of methoxy groups -OCH3 is 1. The van der Waals surface area contributed by atoms with Crippen LogP contribution in [-0.4, -0.2) is 43.3 Å². The molecule has 0 aromatic heterocycles. The van der Waals surface area contributed by atoms with Crippen molar-refractivity contribution in [1.82, 2.24) is 5.32 Å². The fraction of sp³-hybridized carbons (Fsp3) is 0.800. The molecule has 0 heterocycles. The van der Waals surface area contributed by atoms with Crippen molar-refractivity contribution >= 4 is 11.9 Å². The van der Waals surface area contributed by atoms with Crippen molar-refractivity contribution in [3.63, 3.8) is 0 Å². The molecular weight excluding hydrogens is 214 g/mol. The molecular formula is C10H18NO5. The van der Waals surface area contributed by atoms with E-state index >= 15 is 0 Å². The number of aliphatic hydroxyl groups excluding tert-OH is 1. The van der Waals surface area contributed by atoms with Crippen molar-refractivity contribution in [2.24, 2.45) is 5.41 Å². The molecule has 2 N–H and O–H groups in total. The Morgan fingerprint density at radius 2 is 2.00 bits per heavy atom. The maximum atomic E-state index is 11.4. The second-order valence-electron chi connectivity index (χ2n) is 4.15. The third kappa shape index (κ3) is 4.59. The van der Waals surface area contributed by atoms with E-state index in [0.29, 0.717) is 0 Å². The Kier molecular flexibility index (Phi) is 5.98. The molecule has 6 heteroatoms. The third-order valence-electron chi connectivity index (χ3n) is 2.22. The second kappa shape index (κ2) is 6.44. The molecule has 0 aliphatic rings. The third-order valence-corrected chi connectivity index (χ3v) is 2.22. The van der Waals surface area contributed by atoms with E-state index < -0.39 is 30.0 Å². The summed E-state index contributed by atoms with van der Waals surface area (Å²) in [6.45, 7) is 2.53. The lowest BCUT2D eigenvalue weighted by molar-refractivity contribution is -0.141. The first kappa shape index (κ1) is 14.9. The fourth-order valence-corrected chi connectivity index (χ4v) is 0.920. The van der Waals surface area contributed by atoms with Crippen molar-refractivity contribution in [2.75, 3.05) is 20.3 Å². The Hall–Kier alpha value is -1.14. The van der Waals surface area contributed by atoms with Crippen LogP contribution in [0.5, 0.6) is 0 Å². The van der Waals surface area contributed by atoms with Crippen LogP contribution in [-0.2, 0) is 19.4 Å². The molecule has 1 amide bonds. The van der Waals surface area contributed by atoms with Crippen LogP contribution >= 0.6 is 0 Å². The lowest BCUT2D eigenvalue weighted by Gasteiger charge is -2.26. The number of nitrogens with one attached hydrogen (secondary N) is 1. The van der Waals surface area contributed by atoms with Gasteiger partial charge in [-0.25, -0.2) is 5.11 Å². The van der Waals surface area contributed by atoms with E-state index in [-0.39, 0.29) is 13.0 Å². The number of ether oxygens (including phenoxy) is 1. The fourth-order valence-electron chi connectivity index (χ4n) is 0.920. The first-order chi connectivity index (χ1) is 7.35. The van der Waals surface area contributed by atoms with Crippen LogP contribution in [0.3, 0.4) is 0 Å². The highest BCUT2D eigenvalue weighted by molar-refractivity contribution is 5.81. The number of amides is 1. The molecule has 0 bridgehead atoms. The van der Waals surface area contributed by atoms with Gasteiger partial charge in [0, 0.05) is 12.0 Å². The average Bonchev–Trinajstić information content (AvgIpc) is 2.27. The van der Waals surface area contributed by atoms with Gasteiger partial charge in [0.15, 0.2) is 0 Å². The van der Waals surface area contributed by atoms with Crippen LogP contribution < -0.4 is 5.32 Å². The standard InChI is InChI=1S/C10H18NO5/c1-10(2,6-12)8(14)9(15)11-5-4-7(13)16-3/h8,14H,4-6H2,1-3H3,(H,11,15)/t8-/m0/s1. The van der Waals surface area contributed by atoms with Gasteiger partial charge in [-0.3, -0.25) is 9.59 Å². The van der Waals surface area contributed by atoms with Gasteiger partial charge in [-0.1, -0.05) is 13.8 Å². The SMILES string of the molecule is COC(=O)CCNC(=O)[C@H](O)C(C)(C)C[O]. The molecule has 0 spiro atoms. The lowest BCUT2D eigenvalue weighted by Crippen LogP contribution is -2.45. The summed E-state index contributed by atoms with van der Waals surface area (Å²) in [5.41, 5.74) is -1.02.